The number of likely N-dealkylation sites (tertiary alicyclic amines) is 2. The average Bonchev–Trinajstić information content (AvgIpc) is 3.06. The number of carbonyl (C=O) groups is 3. The summed E-state index contributed by atoms with van der Waals surface area (Å²) in [7, 11) is 1.35. The van der Waals surface area contributed by atoms with E-state index in [1.54, 1.807) is 11.0 Å². The number of aliphatic hydroxyl groups is 2. The highest BCUT2D eigenvalue weighted by Crippen LogP contribution is 2.26. The number of hydrogen-bond acceptors (Lipinski definition) is 6. The number of piperidine rings is 2. The Hall–Kier alpha value is -3.75. The summed E-state index contributed by atoms with van der Waals surface area (Å²) >= 11 is 0. The van der Waals surface area contributed by atoms with Crippen LogP contribution >= 0.6 is 0 Å². The van der Waals surface area contributed by atoms with Gasteiger partial charge in [-0.05, 0) is 49.7 Å². The number of hydrogen-bond donors (Lipinski definition) is 2. The molecule has 2 amide bonds. The second-order valence-corrected chi connectivity index (χ2v) is 12.5. The van der Waals surface area contributed by atoms with Crippen LogP contribution in [-0.4, -0.2) is 81.8 Å². The van der Waals surface area contributed by atoms with Crippen LogP contribution in [0.5, 0.6) is 0 Å². The Bertz CT molecular complexity index is 1300. The minimum Gasteiger partial charge on any atom is -0.467 e. The second-order valence-electron chi connectivity index (χ2n) is 12.5. The largest absolute Gasteiger partial charge is 0.467 e. The number of ether oxygens (including phenoxy) is 1. The first-order valence-electron chi connectivity index (χ1n) is 16.8. The second kappa shape index (κ2) is 18.4. The molecule has 5 unspecified atom stereocenters. The van der Waals surface area contributed by atoms with Crippen molar-refractivity contribution in [1.82, 2.24) is 9.80 Å². The molecule has 2 aliphatic rings. The highest BCUT2D eigenvalue weighted by atomic mass is 16.5. The summed E-state index contributed by atoms with van der Waals surface area (Å²) in [6.45, 7) is 0.610. The van der Waals surface area contributed by atoms with Crippen molar-refractivity contribution in [3.8, 4) is 0 Å². The molecule has 0 saturated carbocycles. The van der Waals surface area contributed by atoms with E-state index in [1.165, 1.54) is 7.11 Å². The van der Waals surface area contributed by atoms with Crippen molar-refractivity contribution in [2.24, 2.45) is 0 Å². The van der Waals surface area contributed by atoms with Gasteiger partial charge in [-0.25, -0.2) is 4.79 Å². The van der Waals surface area contributed by atoms with Gasteiger partial charge in [0.25, 0.3) is 0 Å². The Morgan fingerprint density at radius 1 is 0.804 bits per heavy atom. The predicted octanol–water partition coefficient (Wildman–Crippen LogP) is 5.17. The number of esters is 1. The van der Waals surface area contributed by atoms with E-state index in [4.69, 9.17) is 4.74 Å². The van der Waals surface area contributed by atoms with E-state index in [0.29, 0.717) is 45.1 Å². The zero-order valence-electron chi connectivity index (χ0n) is 27.1. The van der Waals surface area contributed by atoms with Crippen LogP contribution in [0, 0.1) is 0 Å². The Balaban J connectivity index is 1.30. The van der Waals surface area contributed by atoms with Crippen LogP contribution in [-0.2, 0) is 32.0 Å². The quantitative estimate of drug-likeness (QED) is 0.151. The highest BCUT2D eigenvalue weighted by molar-refractivity contribution is 5.85. The normalized spacial score (nSPS) is 21.1. The van der Waals surface area contributed by atoms with Crippen LogP contribution in [0.1, 0.15) is 75.3 Å². The summed E-state index contributed by atoms with van der Waals surface area (Å²) in [5.74, 6) is -0.366. The number of carbonyl (C=O) groups excluding carboxylic acids is 3. The number of nitrogens with zero attached hydrogens (tertiary/aromatic N) is 2. The molecule has 46 heavy (non-hydrogen) atoms. The monoisotopic (exact) mass is 630 g/mol. The third kappa shape index (κ3) is 10.7. The lowest BCUT2D eigenvalue weighted by Gasteiger charge is -2.39. The molecule has 0 radical (unpaired) electrons. The maximum absolute atomic E-state index is 13.1. The topological polar surface area (TPSA) is 107 Å². The Morgan fingerprint density at radius 2 is 1.35 bits per heavy atom. The van der Waals surface area contributed by atoms with Crippen molar-refractivity contribution >= 4 is 17.8 Å². The smallest absolute Gasteiger partial charge is 0.328 e. The first-order chi connectivity index (χ1) is 22.4. The van der Waals surface area contributed by atoms with E-state index < -0.39 is 24.2 Å². The van der Waals surface area contributed by atoms with E-state index in [2.05, 4.69) is 0 Å². The first kappa shape index (κ1) is 35.1. The van der Waals surface area contributed by atoms with E-state index >= 15 is 0 Å². The molecule has 2 aromatic carbocycles. The molecule has 0 spiro atoms. The molecule has 8 heteroatoms. The molecular formula is C38H50N2O6. The molecule has 0 aromatic heterocycles. The molecule has 248 valence electrons. The maximum Gasteiger partial charge on any atom is 0.328 e. The fraction of sp³-hybridized carbons (Fsp3) is 0.500. The van der Waals surface area contributed by atoms with E-state index in [0.717, 1.165) is 49.7 Å². The third-order valence-electron chi connectivity index (χ3n) is 9.02. The summed E-state index contributed by atoms with van der Waals surface area (Å²) in [4.78, 5) is 42.5. The summed E-state index contributed by atoms with van der Waals surface area (Å²) in [6, 6.07) is 18.6. The van der Waals surface area contributed by atoms with Crippen molar-refractivity contribution in [3.63, 3.8) is 0 Å². The van der Waals surface area contributed by atoms with Crippen molar-refractivity contribution in [1.29, 1.82) is 0 Å². The first-order valence-corrected chi connectivity index (χ1v) is 16.8. The molecule has 2 aromatic rings. The zero-order chi connectivity index (χ0) is 32.7. The Kier molecular flexibility index (Phi) is 14.1. The minimum absolute atomic E-state index is 0.0368. The number of benzene rings is 2. The van der Waals surface area contributed by atoms with Gasteiger partial charge in [0.05, 0.1) is 31.4 Å². The van der Waals surface area contributed by atoms with Gasteiger partial charge in [0, 0.05) is 32.2 Å². The van der Waals surface area contributed by atoms with Gasteiger partial charge in [-0.1, -0.05) is 97.8 Å². The fourth-order valence-corrected chi connectivity index (χ4v) is 6.61. The maximum atomic E-state index is 13.1. The predicted molar refractivity (Wildman–Crippen MR) is 179 cm³/mol. The summed E-state index contributed by atoms with van der Waals surface area (Å²) in [5, 5.41) is 21.2. The van der Waals surface area contributed by atoms with Crippen LogP contribution < -0.4 is 0 Å². The lowest BCUT2D eigenvalue weighted by atomic mass is 9.95. The third-order valence-corrected chi connectivity index (χ3v) is 9.02. The van der Waals surface area contributed by atoms with Crippen molar-refractivity contribution in [2.45, 2.75) is 107 Å². The Morgan fingerprint density at radius 3 is 1.93 bits per heavy atom. The molecule has 0 bridgehead atoms. The molecule has 8 nitrogen and oxygen atoms in total. The molecule has 4 rings (SSSR count). The zero-order valence-corrected chi connectivity index (χ0v) is 27.1. The van der Waals surface area contributed by atoms with Crippen molar-refractivity contribution < 1.29 is 29.3 Å². The van der Waals surface area contributed by atoms with Crippen molar-refractivity contribution in [3.05, 3.63) is 96.1 Å². The van der Waals surface area contributed by atoms with Gasteiger partial charge in [0.1, 0.15) is 6.04 Å². The van der Waals surface area contributed by atoms with Gasteiger partial charge >= 0.3 is 5.97 Å². The Labute approximate surface area is 273 Å². The summed E-state index contributed by atoms with van der Waals surface area (Å²) < 4.78 is 5.14. The molecule has 2 aliphatic heterocycles. The van der Waals surface area contributed by atoms with E-state index in [9.17, 15) is 24.6 Å². The molecule has 2 N–H and O–H groups in total. The van der Waals surface area contributed by atoms with Crippen molar-refractivity contribution in [2.75, 3.05) is 13.7 Å². The van der Waals surface area contributed by atoms with E-state index in [1.807, 2.05) is 83.8 Å². The van der Waals surface area contributed by atoms with Gasteiger partial charge in [-0.2, -0.15) is 0 Å². The minimum atomic E-state index is -0.697. The summed E-state index contributed by atoms with van der Waals surface area (Å²) in [6.07, 6.45) is 13.9. The van der Waals surface area contributed by atoms with Crippen LogP contribution in [0.15, 0.2) is 85.0 Å². The van der Waals surface area contributed by atoms with E-state index in [-0.39, 0.29) is 23.9 Å². The van der Waals surface area contributed by atoms with Crippen LogP contribution in [0.2, 0.25) is 0 Å². The van der Waals surface area contributed by atoms with Gasteiger partial charge in [-0.15, -0.1) is 0 Å². The number of unbranched alkanes of at least 4 members (excludes halogenated alkanes) is 2. The number of rotatable bonds is 16. The van der Waals surface area contributed by atoms with Gasteiger partial charge < -0.3 is 24.7 Å². The average molecular weight is 631 g/mol. The van der Waals surface area contributed by atoms with Gasteiger partial charge in [0.2, 0.25) is 11.8 Å². The van der Waals surface area contributed by atoms with Crippen LogP contribution in [0.25, 0.3) is 0 Å². The summed E-state index contributed by atoms with van der Waals surface area (Å²) in [5.41, 5.74) is 2.09. The molecule has 2 fully saturated rings. The number of aliphatic hydroxyl groups excluding tert-OH is 2. The molecular weight excluding hydrogens is 580 g/mol. The van der Waals surface area contributed by atoms with Crippen LogP contribution in [0.3, 0.4) is 0 Å². The molecule has 5 atom stereocenters. The van der Waals surface area contributed by atoms with Gasteiger partial charge in [-0.3, -0.25) is 9.59 Å². The highest BCUT2D eigenvalue weighted by Gasteiger charge is 2.36. The SMILES string of the molecule is COC(=O)C(CCCCCN1C(=O)CCCC1C=CC(O)Cc1ccccc1)N1C(=O)CCCC1C=CC(O)Cc1ccccc1. The van der Waals surface area contributed by atoms with Gasteiger partial charge in [0.15, 0.2) is 0 Å². The number of methoxy groups -OCH3 is 1. The molecule has 2 saturated heterocycles. The fourth-order valence-electron chi connectivity index (χ4n) is 6.61. The lowest BCUT2D eigenvalue weighted by Crippen LogP contribution is -2.52. The molecule has 2 heterocycles. The lowest BCUT2D eigenvalue weighted by molar-refractivity contribution is -0.156. The van der Waals surface area contributed by atoms with Crippen LogP contribution in [0.4, 0.5) is 0 Å². The standard InChI is InChI=1S/C38H50N2O6/c1-46-38(45)35(40-32(18-12-21-37(40)44)23-25-34(42)28-30-15-7-3-8-16-30)19-9-4-10-26-39-31(17-11-20-36(39)43)22-24-33(41)27-29-13-5-2-6-14-29/h2-3,5-8,13-16,22-25,31-35,41-42H,4,9-12,17-21,26-28H2,1H3. The number of amides is 2. The molecule has 0 aliphatic carbocycles.